The fourth-order valence-electron chi connectivity index (χ4n) is 3.11. The summed E-state index contributed by atoms with van der Waals surface area (Å²) in [6.07, 6.45) is 4.94. The average molecular weight is 341 g/mol. The summed E-state index contributed by atoms with van der Waals surface area (Å²) in [7, 11) is 0. The average Bonchev–Trinajstić information content (AvgIpc) is 2.96. The van der Waals surface area contributed by atoms with E-state index >= 15 is 0 Å². The largest absolute Gasteiger partial charge is 0.377 e. The van der Waals surface area contributed by atoms with E-state index in [0.29, 0.717) is 23.4 Å². The zero-order valence-corrected chi connectivity index (χ0v) is 14.3. The lowest BCUT2D eigenvalue weighted by Gasteiger charge is -2.16. The van der Waals surface area contributed by atoms with Gasteiger partial charge in [0.05, 0.1) is 24.9 Å². The van der Waals surface area contributed by atoms with Gasteiger partial charge in [-0.1, -0.05) is 17.7 Å². The van der Waals surface area contributed by atoms with Crippen molar-refractivity contribution >= 4 is 28.1 Å². The highest BCUT2D eigenvalue weighted by atomic mass is 35.5. The molecule has 24 heavy (non-hydrogen) atoms. The van der Waals surface area contributed by atoms with Crippen LogP contribution in [0, 0.1) is 13.8 Å². The van der Waals surface area contributed by atoms with E-state index in [2.05, 4.69) is 40.2 Å². The van der Waals surface area contributed by atoms with Crippen LogP contribution in [0.4, 0.5) is 0 Å². The van der Waals surface area contributed by atoms with E-state index in [-0.39, 0.29) is 0 Å². The SMILES string of the molecule is Cc1nc(Cl)cc(-n2ncc3cc(C)c(C4=CCOCC4)cc32)n1. The molecule has 0 N–H and O–H groups in total. The minimum absolute atomic E-state index is 0.417. The number of fused-ring (bicyclic) bond motifs is 1. The molecule has 3 heterocycles. The fraction of sp³-hybridized carbons (Fsp3) is 0.278. The predicted molar refractivity (Wildman–Crippen MR) is 94.6 cm³/mol. The minimum Gasteiger partial charge on any atom is -0.377 e. The second-order valence-electron chi connectivity index (χ2n) is 5.93. The smallest absolute Gasteiger partial charge is 0.159 e. The van der Waals surface area contributed by atoms with Crippen LogP contribution in [0.25, 0.3) is 22.3 Å². The normalized spacial score (nSPS) is 14.9. The Morgan fingerprint density at radius 3 is 2.79 bits per heavy atom. The maximum atomic E-state index is 6.08. The van der Waals surface area contributed by atoms with Crippen molar-refractivity contribution in [1.82, 2.24) is 19.7 Å². The number of nitrogens with zero attached hydrogens (tertiary/aromatic N) is 4. The molecule has 0 saturated heterocycles. The number of benzene rings is 1. The van der Waals surface area contributed by atoms with Gasteiger partial charge in [0.25, 0.3) is 0 Å². The molecule has 1 aliphatic rings. The highest BCUT2D eigenvalue weighted by Crippen LogP contribution is 2.29. The number of aryl methyl sites for hydroxylation is 2. The van der Waals surface area contributed by atoms with Crippen LogP contribution in [-0.4, -0.2) is 33.0 Å². The molecule has 0 radical (unpaired) electrons. The van der Waals surface area contributed by atoms with Crippen LogP contribution in [0.15, 0.2) is 30.5 Å². The first-order valence-electron chi connectivity index (χ1n) is 7.89. The summed E-state index contributed by atoms with van der Waals surface area (Å²) in [5.74, 6) is 1.30. The zero-order valence-electron chi connectivity index (χ0n) is 13.6. The van der Waals surface area contributed by atoms with Crippen molar-refractivity contribution in [3.63, 3.8) is 0 Å². The van der Waals surface area contributed by atoms with Crippen LogP contribution >= 0.6 is 11.6 Å². The number of halogens is 1. The topological polar surface area (TPSA) is 52.8 Å². The second kappa shape index (κ2) is 6.00. The van der Waals surface area contributed by atoms with Gasteiger partial charge in [-0.25, -0.2) is 14.6 Å². The molecule has 2 aromatic heterocycles. The van der Waals surface area contributed by atoms with E-state index in [0.717, 1.165) is 23.9 Å². The van der Waals surface area contributed by atoms with Crippen molar-refractivity contribution in [2.75, 3.05) is 13.2 Å². The second-order valence-corrected chi connectivity index (χ2v) is 6.32. The van der Waals surface area contributed by atoms with Gasteiger partial charge in [-0.2, -0.15) is 5.10 Å². The van der Waals surface area contributed by atoms with Crippen molar-refractivity contribution < 1.29 is 4.74 Å². The van der Waals surface area contributed by atoms with Crippen LogP contribution in [0.2, 0.25) is 5.15 Å². The van der Waals surface area contributed by atoms with Crippen molar-refractivity contribution in [1.29, 1.82) is 0 Å². The molecular formula is C18H17ClN4O. The molecule has 0 aliphatic carbocycles. The van der Waals surface area contributed by atoms with Crippen molar-refractivity contribution in [2.24, 2.45) is 0 Å². The summed E-state index contributed by atoms with van der Waals surface area (Å²) in [5.41, 5.74) is 4.82. The summed E-state index contributed by atoms with van der Waals surface area (Å²) in [4.78, 5) is 8.58. The monoisotopic (exact) mass is 340 g/mol. The third kappa shape index (κ3) is 2.70. The molecular weight excluding hydrogens is 324 g/mol. The maximum Gasteiger partial charge on any atom is 0.159 e. The van der Waals surface area contributed by atoms with Gasteiger partial charge in [0, 0.05) is 11.5 Å². The Balaban J connectivity index is 1.90. The number of aromatic nitrogens is 4. The molecule has 0 fully saturated rings. The molecule has 0 atom stereocenters. The van der Waals surface area contributed by atoms with Crippen LogP contribution in [0.1, 0.15) is 23.4 Å². The number of hydrogen-bond donors (Lipinski definition) is 0. The first kappa shape index (κ1) is 15.3. The van der Waals surface area contributed by atoms with E-state index in [1.54, 1.807) is 6.07 Å². The quantitative estimate of drug-likeness (QED) is 0.664. The molecule has 122 valence electrons. The molecule has 0 unspecified atom stereocenters. The Kier molecular flexibility index (Phi) is 3.82. The molecule has 4 rings (SSSR count). The number of ether oxygens (including phenoxy) is 1. The van der Waals surface area contributed by atoms with Crippen LogP contribution in [-0.2, 0) is 4.74 Å². The van der Waals surface area contributed by atoms with Gasteiger partial charge < -0.3 is 4.74 Å². The Morgan fingerprint density at radius 2 is 2.04 bits per heavy atom. The van der Waals surface area contributed by atoms with Crippen LogP contribution in [0.3, 0.4) is 0 Å². The highest BCUT2D eigenvalue weighted by molar-refractivity contribution is 6.29. The first-order chi connectivity index (χ1) is 11.6. The summed E-state index contributed by atoms with van der Waals surface area (Å²) in [6.45, 7) is 5.40. The van der Waals surface area contributed by atoms with Gasteiger partial charge >= 0.3 is 0 Å². The predicted octanol–water partition coefficient (Wildman–Crippen LogP) is 3.89. The molecule has 0 saturated carbocycles. The van der Waals surface area contributed by atoms with E-state index < -0.39 is 0 Å². The Labute approximate surface area is 144 Å². The van der Waals surface area contributed by atoms with E-state index in [9.17, 15) is 0 Å². The Morgan fingerprint density at radius 1 is 1.17 bits per heavy atom. The molecule has 3 aromatic rings. The van der Waals surface area contributed by atoms with Gasteiger partial charge in [-0.3, -0.25) is 0 Å². The van der Waals surface area contributed by atoms with E-state index in [1.165, 1.54) is 16.7 Å². The molecule has 1 aliphatic heterocycles. The molecule has 1 aromatic carbocycles. The van der Waals surface area contributed by atoms with E-state index in [1.807, 2.05) is 17.8 Å². The van der Waals surface area contributed by atoms with E-state index in [4.69, 9.17) is 16.3 Å². The molecule has 0 spiro atoms. The van der Waals surface area contributed by atoms with Gasteiger partial charge in [-0.15, -0.1) is 0 Å². The van der Waals surface area contributed by atoms with Gasteiger partial charge in [0.2, 0.25) is 0 Å². The summed E-state index contributed by atoms with van der Waals surface area (Å²) in [6, 6.07) is 6.08. The third-order valence-corrected chi connectivity index (χ3v) is 4.43. The van der Waals surface area contributed by atoms with Crippen LogP contribution < -0.4 is 0 Å². The summed E-state index contributed by atoms with van der Waals surface area (Å²) < 4.78 is 7.25. The Bertz CT molecular complexity index is 941. The standard InChI is InChI=1S/C18H17ClN4O/c1-11-7-14-10-20-23(18-9-17(19)21-12(2)22-18)16(14)8-15(11)13-3-5-24-6-4-13/h3,7-10H,4-6H2,1-2H3. The lowest BCUT2D eigenvalue weighted by Crippen LogP contribution is -2.05. The lowest BCUT2D eigenvalue weighted by molar-refractivity contribution is 0.161. The van der Waals surface area contributed by atoms with Gasteiger partial charge in [0.1, 0.15) is 11.0 Å². The minimum atomic E-state index is 0.417. The molecule has 6 heteroatoms. The number of rotatable bonds is 2. The highest BCUT2D eigenvalue weighted by Gasteiger charge is 2.14. The lowest BCUT2D eigenvalue weighted by atomic mass is 9.96. The zero-order chi connectivity index (χ0) is 16.7. The van der Waals surface area contributed by atoms with Crippen molar-refractivity contribution in [3.05, 3.63) is 52.6 Å². The molecule has 5 nitrogen and oxygen atoms in total. The maximum absolute atomic E-state index is 6.08. The number of hydrogen-bond acceptors (Lipinski definition) is 4. The first-order valence-corrected chi connectivity index (χ1v) is 8.27. The van der Waals surface area contributed by atoms with Crippen molar-refractivity contribution in [2.45, 2.75) is 20.3 Å². The summed E-state index contributed by atoms with van der Waals surface area (Å²) >= 11 is 6.08. The molecule has 0 bridgehead atoms. The van der Waals surface area contributed by atoms with Gasteiger partial charge in [-0.05, 0) is 49.1 Å². The fourth-order valence-corrected chi connectivity index (χ4v) is 3.33. The molecule has 0 amide bonds. The van der Waals surface area contributed by atoms with Gasteiger partial charge in [0.15, 0.2) is 5.82 Å². The van der Waals surface area contributed by atoms with Crippen LogP contribution in [0.5, 0.6) is 0 Å². The third-order valence-electron chi connectivity index (χ3n) is 4.23. The summed E-state index contributed by atoms with van der Waals surface area (Å²) in [5, 5.41) is 6.00. The Hall–Kier alpha value is -2.24. The van der Waals surface area contributed by atoms with Crippen molar-refractivity contribution in [3.8, 4) is 5.82 Å².